The summed E-state index contributed by atoms with van der Waals surface area (Å²) in [5.74, 6) is 6.21. The molecular formula is C24H37N3O. The van der Waals surface area contributed by atoms with Gasteiger partial charge >= 0.3 is 0 Å². The molecule has 0 bridgehead atoms. The van der Waals surface area contributed by atoms with Crippen LogP contribution in [0.1, 0.15) is 78.1 Å². The number of nitrogens with zero attached hydrogens (tertiary/aromatic N) is 3. The van der Waals surface area contributed by atoms with Crippen LogP contribution in [0.25, 0.3) is 0 Å². The Kier molecular flexibility index (Phi) is 4.87. The van der Waals surface area contributed by atoms with Gasteiger partial charge in [-0.05, 0) is 92.3 Å². The minimum absolute atomic E-state index is 0.220. The van der Waals surface area contributed by atoms with E-state index in [2.05, 4.69) is 24.0 Å². The third-order valence-electron chi connectivity index (χ3n) is 9.79. The van der Waals surface area contributed by atoms with Gasteiger partial charge in [-0.25, -0.2) is 0 Å². The Morgan fingerprint density at radius 2 is 1.79 bits per heavy atom. The molecule has 4 aliphatic rings. The van der Waals surface area contributed by atoms with Gasteiger partial charge in [-0.3, -0.25) is 4.79 Å². The Labute approximate surface area is 169 Å². The van der Waals surface area contributed by atoms with Crippen LogP contribution in [0.15, 0.2) is 12.4 Å². The molecule has 8 unspecified atom stereocenters. The van der Waals surface area contributed by atoms with Gasteiger partial charge in [-0.1, -0.05) is 26.7 Å². The fourth-order valence-electron chi connectivity index (χ4n) is 8.42. The number of hydrogen-bond acceptors (Lipinski definition) is 3. The first-order valence-corrected chi connectivity index (χ1v) is 12.0. The van der Waals surface area contributed by atoms with Gasteiger partial charge in [-0.2, -0.15) is 15.0 Å². The molecule has 0 N–H and O–H groups in total. The number of carbonyl (C=O) groups is 1. The lowest BCUT2D eigenvalue weighted by Crippen LogP contribution is -2.49. The highest BCUT2D eigenvalue weighted by Gasteiger charge is 2.58. The normalized spacial score (nSPS) is 45.1. The highest BCUT2D eigenvalue weighted by atomic mass is 16.1. The molecule has 28 heavy (non-hydrogen) atoms. The highest BCUT2D eigenvalue weighted by Crippen LogP contribution is 2.64. The van der Waals surface area contributed by atoms with E-state index in [-0.39, 0.29) is 11.3 Å². The summed E-state index contributed by atoms with van der Waals surface area (Å²) >= 11 is 0. The van der Waals surface area contributed by atoms with Crippen LogP contribution < -0.4 is 0 Å². The average molecular weight is 384 g/mol. The lowest BCUT2D eigenvalue weighted by molar-refractivity contribution is -0.131. The molecule has 4 heteroatoms. The van der Waals surface area contributed by atoms with E-state index in [4.69, 9.17) is 0 Å². The fraction of sp³-hybridized carbons (Fsp3) is 0.875. The molecule has 1 aromatic rings. The summed E-state index contributed by atoms with van der Waals surface area (Å²) in [6.07, 6.45) is 17.1. The summed E-state index contributed by atoms with van der Waals surface area (Å²) in [5, 5.41) is 8.33. The van der Waals surface area contributed by atoms with Crippen LogP contribution in [0.3, 0.4) is 0 Å². The highest BCUT2D eigenvalue weighted by molar-refractivity contribution is 5.81. The molecule has 4 nitrogen and oxygen atoms in total. The monoisotopic (exact) mass is 383 g/mol. The van der Waals surface area contributed by atoms with Crippen molar-refractivity contribution in [1.29, 1.82) is 0 Å². The van der Waals surface area contributed by atoms with Crippen molar-refractivity contribution < 1.29 is 4.79 Å². The van der Waals surface area contributed by atoms with E-state index in [1.807, 2.05) is 0 Å². The maximum absolute atomic E-state index is 13.1. The SMILES string of the molecule is CCC1CCC2C(CCC3C2CCC2(C)C(C(=O)Cn4nccn4)CCC32)C1. The molecule has 1 aromatic heterocycles. The van der Waals surface area contributed by atoms with Crippen molar-refractivity contribution >= 4 is 5.78 Å². The number of hydrogen-bond donors (Lipinski definition) is 0. The predicted octanol–water partition coefficient (Wildman–Crippen LogP) is 5.14. The van der Waals surface area contributed by atoms with Crippen molar-refractivity contribution in [1.82, 2.24) is 15.0 Å². The summed E-state index contributed by atoms with van der Waals surface area (Å²) < 4.78 is 0. The summed E-state index contributed by atoms with van der Waals surface area (Å²) in [7, 11) is 0. The molecule has 0 saturated heterocycles. The fourth-order valence-corrected chi connectivity index (χ4v) is 8.42. The molecular weight excluding hydrogens is 346 g/mol. The van der Waals surface area contributed by atoms with E-state index < -0.39 is 0 Å². The van der Waals surface area contributed by atoms with E-state index in [9.17, 15) is 4.79 Å². The van der Waals surface area contributed by atoms with E-state index in [1.165, 1.54) is 57.8 Å². The first-order valence-electron chi connectivity index (χ1n) is 12.0. The average Bonchev–Trinajstić information content (AvgIpc) is 3.34. The number of carbonyl (C=O) groups excluding carboxylic acids is 1. The quantitative estimate of drug-likeness (QED) is 0.723. The first kappa shape index (κ1) is 18.8. The van der Waals surface area contributed by atoms with Gasteiger partial charge in [0.25, 0.3) is 0 Å². The largest absolute Gasteiger partial charge is 0.297 e. The van der Waals surface area contributed by atoms with Crippen molar-refractivity contribution in [3.8, 4) is 0 Å². The van der Waals surface area contributed by atoms with Gasteiger partial charge in [0.15, 0.2) is 5.78 Å². The van der Waals surface area contributed by atoms with Gasteiger partial charge in [0.05, 0.1) is 12.4 Å². The molecule has 8 atom stereocenters. The van der Waals surface area contributed by atoms with Crippen molar-refractivity contribution in [2.75, 3.05) is 0 Å². The third-order valence-corrected chi connectivity index (χ3v) is 9.79. The molecule has 4 saturated carbocycles. The molecule has 1 heterocycles. The third kappa shape index (κ3) is 2.97. The zero-order chi connectivity index (χ0) is 19.3. The number of ketones is 1. The Bertz CT molecular complexity index is 701. The molecule has 5 rings (SSSR count). The van der Waals surface area contributed by atoms with E-state index >= 15 is 0 Å². The summed E-state index contributed by atoms with van der Waals surface area (Å²) in [6.45, 7) is 5.20. The zero-order valence-corrected chi connectivity index (χ0v) is 17.7. The second-order valence-electron chi connectivity index (χ2n) is 10.7. The van der Waals surface area contributed by atoms with Gasteiger partial charge in [0.2, 0.25) is 0 Å². The second kappa shape index (κ2) is 7.25. The van der Waals surface area contributed by atoms with Crippen molar-refractivity contribution in [3.05, 3.63) is 12.4 Å². The molecule has 154 valence electrons. The van der Waals surface area contributed by atoms with Crippen LogP contribution in [0, 0.1) is 46.8 Å². The minimum atomic E-state index is 0.220. The second-order valence-corrected chi connectivity index (χ2v) is 10.7. The summed E-state index contributed by atoms with van der Waals surface area (Å²) in [6, 6.07) is 0. The van der Waals surface area contributed by atoms with Gasteiger partial charge < -0.3 is 0 Å². The van der Waals surface area contributed by atoms with Crippen LogP contribution in [0.4, 0.5) is 0 Å². The topological polar surface area (TPSA) is 47.8 Å². The molecule has 0 aromatic carbocycles. The number of rotatable bonds is 4. The van der Waals surface area contributed by atoms with Gasteiger partial charge in [0.1, 0.15) is 6.54 Å². The smallest absolute Gasteiger partial charge is 0.159 e. The Balaban J connectivity index is 1.31. The Morgan fingerprint density at radius 3 is 2.57 bits per heavy atom. The maximum Gasteiger partial charge on any atom is 0.159 e. The molecule has 4 aliphatic carbocycles. The number of fused-ring (bicyclic) bond motifs is 5. The van der Waals surface area contributed by atoms with E-state index in [0.717, 1.165) is 41.9 Å². The molecule has 0 spiro atoms. The van der Waals surface area contributed by atoms with Crippen LogP contribution in [0.5, 0.6) is 0 Å². The molecule has 0 amide bonds. The van der Waals surface area contributed by atoms with E-state index in [0.29, 0.717) is 12.3 Å². The first-order chi connectivity index (χ1) is 13.6. The standard InChI is InChI=1S/C24H37N3O/c1-3-16-4-6-18-17(14-16)5-7-20-19(18)10-11-24(2)21(20)8-9-22(24)23(28)15-27-25-12-13-26-27/h12-13,16-22H,3-11,14-15H2,1-2H3. The van der Waals surface area contributed by atoms with Crippen LogP contribution in [-0.2, 0) is 11.3 Å². The number of aromatic nitrogens is 3. The van der Waals surface area contributed by atoms with Gasteiger partial charge in [-0.15, -0.1) is 0 Å². The lowest BCUT2D eigenvalue weighted by Gasteiger charge is -2.56. The van der Waals surface area contributed by atoms with Crippen molar-refractivity contribution in [2.24, 2.45) is 46.8 Å². The minimum Gasteiger partial charge on any atom is -0.297 e. The molecule has 4 fully saturated rings. The number of Topliss-reactive ketones (excluding diaryl/α,β-unsaturated/α-hetero) is 1. The van der Waals surface area contributed by atoms with Crippen LogP contribution in [0.2, 0.25) is 0 Å². The summed E-state index contributed by atoms with van der Waals surface area (Å²) in [5.41, 5.74) is 0.221. The van der Waals surface area contributed by atoms with Gasteiger partial charge in [0, 0.05) is 5.92 Å². The molecule has 0 radical (unpaired) electrons. The summed E-state index contributed by atoms with van der Waals surface area (Å²) in [4.78, 5) is 14.7. The lowest BCUT2D eigenvalue weighted by atomic mass is 9.49. The van der Waals surface area contributed by atoms with Crippen LogP contribution in [-0.4, -0.2) is 20.8 Å². The Morgan fingerprint density at radius 1 is 1.00 bits per heavy atom. The predicted molar refractivity (Wildman–Crippen MR) is 109 cm³/mol. The van der Waals surface area contributed by atoms with Crippen molar-refractivity contribution in [3.63, 3.8) is 0 Å². The van der Waals surface area contributed by atoms with E-state index in [1.54, 1.807) is 17.2 Å². The maximum atomic E-state index is 13.1. The zero-order valence-electron chi connectivity index (χ0n) is 17.7. The molecule has 0 aliphatic heterocycles. The Hall–Kier alpha value is -1.19. The van der Waals surface area contributed by atoms with Crippen molar-refractivity contribution in [2.45, 2.75) is 84.6 Å². The van der Waals surface area contributed by atoms with Crippen LogP contribution >= 0.6 is 0 Å².